The van der Waals surface area contributed by atoms with Crippen molar-refractivity contribution in [1.29, 1.82) is 0 Å². The molecule has 4 nitrogen and oxygen atoms in total. The summed E-state index contributed by atoms with van der Waals surface area (Å²) in [5, 5.41) is 6.12. The van der Waals surface area contributed by atoms with Gasteiger partial charge in [-0.3, -0.25) is 4.79 Å². The average molecular weight is 214 g/mol. The van der Waals surface area contributed by atoms with Gasteiger partial charge in [0.15, 0.2) is 0 Å². The number of hydrogen-bond donors (Lipinski definition) is 2. The smallest absolute Gasteiger partial charge is 0.249 e. The van der Waals surface area contributed by atoms with E-state index in [9.17, 15) is 4.79 Å². The third-order valence-electron chi connectivity index (χ3n) is 2.54. The summed E-state index contributed by atoms with van der Waals surface area (Å²) in [6.07, 6.45) is 0.811. The summed E-state index contributed by atoms with van der Waals surface area (Å²) < 4.78 is 5.54. The molecule has 2 unspecified atom stereocenters. The Morgan fingerprint density at radius 3 is 2.80 bits per heavy atom. The van der Waals surface area contributed by atoms with Crippen LogP contribution in [0.5, 0.6) is 0 Å². The minimum atomic E-state index is -0.340. The van der Waals surface area contributed by atoms with Crippen LogP contribution in [0.25, 0.3) is 0 Å². The molecule has 0 bridgehead atoms. The maximum Gasteiger partial charge on any atom is 0.249 e. The third kappa shape index (κ3) is 4.62. The van der Waals surface area contributed by atoms with E-state index in [0.29, 0.717) is 12.5 Å². The lowest BCUT2D eigenvalue weighted by Gasteiger charge is -2.17. The summed E-state index contributed by atoms with van der Waals surface area (Å²) >= 11 is 0. The molecule has 4 heteroatoms. The van der Waals surface area contributed by atoms with Crippen molar-refractivity contribution in [3.05, 3.63) is 0 Å². The van der Waals surface area contributed by atoms with Crippen LogP contribution < -0.4 is 10.6 Å². The minimum absolute atomic E-state index is 0.0176. The lowest BCUT2D eigenvalue weighted by atomic mass is 10.1. The SMILES string of the molecule is CC(C)NC(=O)C(C)OCC1CCNC1. The van der Waals surface area contributed by atoms with Crippen molar-refractivity contribution >= 4 is 5.91 Å². The summed E-state index contributed by atoms with van der Waals surface area (Å²) in [4.78, 5) is 11.5. The Kier molecular flexibility index (Phi) is 5.05. The van der Waals surface area contributed by atoms with Crippen molar-refractivity contribution in [3.63, 3.8) is 0 Å². The number of amides is 1. The van der Waals surface area contributed by atoms with E-state index in [-0.39, 0.29) is 18.1 Å². The summed E-state index contributed by atoms with van der Waals surface area (Å²) in [6.45, 7) is 8.47. The summed E-state index contributed by atoms with van der Waals surface area (Å²) in [5.74, 6) is 0.551. The van der Waals surface area contributed by atoms with Crippen molar-refractivity contribution in [2.45, 2.75) is 39.3 Å². The first-order valence-electron chi connectivity index (χ1n) is 5.72. The second-order valence-electron chi connectivity index (χ2n) is 4.50. The number of carbonyl (C=O) groups excluding carboxylic acids is 1. The number of nitrogens with one attached hydrogen (secondary N) is 2. The van der Waals surface area contributed by atoms with Gasteiger partial charge in [-0.15, -0.1) is 0 Å². The van der Waals surface area contributed by atoms with E-state index in [1.807, 2.05) is 13.8 Å². The first-order valence-corrected chi connectivity index (χ1v) is 5.72. The summed E-state index contributed by atoms with van der Waals surface area (Å²) in [5.41, 5.74) is 0. The molecule has 1 heterocycles. The molecule has 0 aliphatic carbocycles. The first kappa shape index (κ1) is 12.5. The van der Waals surface area contributed by atoms with Crippen LogP contribution in [0.1, 0.15) is 27.2 Å². The standard InChI is InChI=1S/C11H22N2O2/c1-8(2)13-11(14)9(3)15-7-10-4-5-12-6-10/h8-10,12H,4-7H2,1-3H3,(H,13,14). The van der Waals surface area contributed by atoms with Gasteiger partial charge in [-0.25, -0.2) is 0 Å². The van der Waals surface area contributed by atoms with Crippen molar-refractivity contribution in [1.82, 2.24) is 10.6 Å². The van der Waals surface area contributed by atoms with Crippen LogP contribution in [0.4, 0.5) is 0 Å². The third-order valence-corrected chi connectivity index (χ3v) is 2.54. The zero-order valence-corrected chi connectivity index (χ0v) is 9.88. The molecule has 2 N–H and O–H groups in total. The van der Waals surface area contributed by atoms with Crippen molar-refractivity contribution in [2.24, 2.45) is 5.92 Å². The lowest BCUT2D eigenvalue weighted by Crippen LogP contribution is -2.39. The lowest BCUT2D eigenvalue weighted by molar-refractivity contribution is -0.132. The predicted molar refractivity (Wildman–Crippen MR) is 59.7 cm³/mol. The van der Waals surface area contributed by atoms with Gasteiger partial charge in [0.05, 0.1) is 6.61 Å². The van der Waals surface area contributed by atoms with Gasteiger partial charge in [-0.2, -0.15) is 0 Å². The normalized spacial score (nSPS) is 23.1. The van der Waals surface area contributed by atoms with E-state index in [1.54, 1.807) is 6.92 Å². The van der Waals surface area contributed by atoms with Crippen LogP contribution in [-0.2, 0) is 9.53 Å². The zero-order chi connectivity index (χ0) is 11.3. The average Bonchev–Trinajstić information content (AvgIpc) is 2.65. The molecular formula is C11H22N2O2. The van der Waals surface area contributed by atoms with Gasteiger partial charge < -0.3 is 15.4 Å². The van der Waals surface area contributed by atoms with Crippen LogP contribution in [-0.4, -0.2) is 37.7 Å². The topological polar surface area (TPSA) is 50.4 Å². The molecule has 0 aromatic heterocycles. The number of ether oxygens (including phenoxy) is 1. The minimum Gasteiger partial charge on any atom is -0.368 e. The van der Waals surface area contributed by atoms with Crippen molar-refractivity contribution < 1.29 is 9.53 Å². The Balaban J connectivity index is 2.16. The van der Waals surface area contributed by atoms with Crippen LogP contribution in [0.15, 0.2) is 0 Å². The van der Waals surface area contributed by atoms with E-state index in [1.165, 1.54) is 0 Å². The van der Waals surface area contributed by atoms with Crippen LogP contribution in [0.3, 0.4) is 0 Å². The molecule has 1 rings (SSSR count). The highest BCUT2D eigenvalue weighted by Gasteiger charge is 2.19. The van der Waals surface area contributed by atoms with E-state index in [4.69, 9.17) is 4.74 Å². The maximum absolute atomic E-state index is 11.5. The number of carbonyl (C=O) groups is 1. The van der Waals surface area contributed by atoms with E-state index in [0.717, 1.165) is 19.5 Å². The Hall–Kier alpha value is -0.610. The molecule has 88 valence electrons. The molecule has 2 atom stereocenters. The van der Waals surface area contributed by atoms with Gasteiger partial charge in [-0.1, -0.05) is 0 Å². The molecular weight excluding hydrogens is 192 g/mol. The van der Waals surface area contributed by atoms with Crippen LogP contribution >= 0.6 is 0 Å². The van der Waals surface area contributed by atoms with E-state index in [2.05, 4.69) is 10.6 Å². The van der Waals surface area contributed by atoms with Gasteiger partial charge in [0.25, 0.3) is 0 Å². The zero-order valence-electron chi connectivity index (χ0n) is 9.88. The molecule has 0 aromatic carbocycles. The molecule has 0 spiro atoms. The van der Waals surface area contributed by atoms with E-state index < -0.39 is 0 Å². The van der Waals surface area contributed by atoms with Gasteiger partial charge in [0.2, 0.25) is 5.91 Å². The molecule has 15 heavy (non-hydrogen) atoms. The monoisotopic (exact) mass is 214 g/mol. The molecule has 1 fully saturated rings. The second kappa shape index (κ2) is 6.08. The van der Waals surface area contributed by atoms with Crippen LogP contribution in [0, 0.1) is 5.92 Å². The highest BCUT2D eigenvalue weighted by molar-refractivity contribution is 5.80. The van der Waals surface area contributed by atoms with Crippen molar-refractivity contribution in [3.8, 4) is 0 Å². The van der Waals surface area contributed by atoms with Gasteiger partial charge in [0.1, 0.15) is 6.10 Å². The second-order valence-corrected chi connectivity index (χ2v) is 4.50. The van der Waals surface area contributed by atoms with Crippen LogP contribution in [0.2, 0.25) is 0 Å². The molecule has 0 saturated carbocycles. The Morgan fingerprint density at radius 1 is 1.53 bits per heavy atom. The molecule has 0 radical (unpaired) electrons. The summed E-state index contributed by atoms with van der Waals surface area (Å²) in [6, 6.07) is 0.177. The molecule has 1 amide bonds. The number of hydrogen-bond acceptors (Lipinski definition) is 3. The fourth-order valence-electron chi connectivity index (χ4n) is 1.61. The predicted octanol–water partition coefficient (Wildman–Crippen LogP) is 0.526. The molecule has 0 aromatic rings. The number of rotatable bonds is 5. The maximum atomic E-state index is 11.5. The quantitative estimate of drug-likeness (QED) is 0.701. The Labute approximate surface area is 91.8 Å². The van der Waals surface area contributed by atoms with Crippen molar-refractivity contribution in [2.75, 3.05) is 19.7 Å². The Morgan fingerprint density at radius 2 is 2.27 bits per heavy atom. The molecule has 1 aliphatic rings. The summed E-state index contributed by atoms with van der Waals surface area (Å²) in [7, 11) is 0. The fraction of sp³-hybridized carbons (Fsp3) is 0.909. The highest BCUT2D eigenvalue weighted by Crippen LogP contribution is 2.08. The largest absolute Gasteiger partial charge is 0.368 e. The fourth-order valence-corrected chi connectivity index (χ4v) is 1.61. The van der Waals surface area contributed by atoms with Gasteiger partial charge in [-0.05, 0) is 39.7 Å². The first-order chi connectivity index (χ1) is 7.09. The highest BCUT2D eigenvalue weighted by atomic mass is 16.5. The molecule has 1 saturated heterocycles. The van der Waals surface area contributed by atoms with Gasteiger partial charge >= 0.3 is 0 Å². The van der Waals surface area contributed by atoms with Gasteiger partial charge in [0, 0.05) is 12.6 Å². The molecule has 1 aliphatic heterocycles. The Bertz CT molecular complexity index is 201. The van der Waals surface area contributed by atoms with E-state index >= 15 is 0 Å².